The van der Waals surface area contributed by atoms with Crippen LogP contribution in [0.25, 0.3) is 11.0 Å². The van der Waals surface area contributed by atoms with Gasteiger partial charge >= 0.3 is 0 Å². The quantitative estimate of drug-likeness (QED) is 0.294. The summed E-state index contributed by atoms with van der Waals surface area (Å²) in [5.41, 5.74) is 5.24. The van der Waals surface area contributed by atoms with E-state index >= 15 is 0 Å². The van der Waals surface area contributed by atoms with Gasteiger partial charge in [0.15, 0.2) is 0 Å². The van der Waals surface area contributed by atoms with Gasteiger partial charge in [-0.2, -0.15) is 0 Å². The molecule has 0 bridgehead atoms. The number of imidazole rings is 1. The summed E-state index contributed by atoms with van der Waals surface area (Å²) in [4.78, 5) is 17.3. The normalized spacial score (nSPS) is 10.9. The summed E-state index contributed by atoms with van der Waals surface area (Å²) < 4.78 is 13.4. The van der Waals surface area contributed by atoms with Gasteiger partial charge < -0.3 is 19.4 Å². The van der Waals surface area contributed by atoms with Crippen LogP contribution in [0, 0.1) is 13.8 Å². The first-order valence-corrected chi connectivity index (χ1v) is 12.1. The monoisotopic (exact) mass is 471 g/mol. The van der Waals surface area contributed by atoms with Crippen LogP contribution in [0.15, 0.2) is 66.7 Å². The zero-order valence-electron chi connectivity index (χ0n) is 20.7. The van der Waals surface area contributed by atoms with Crippen LogP contribution in [0.4, 0.5) is 0 Å². The van der Waals surface area contributed by atoms with E-state index in [1.54, 1.807) is 31.4 Å². The molecule has 35 heavy (non-hydrogen) atoms. The van der Waals surface area contributed by atoms with Crippen LogP contribution in [-0.4, -0.2) is 35.7 Å². The Morgan fingerprint density at radius 1 is 0.943 bits per heavy atom. The van der Waals surface area contributed by atoms with Crippen LogP contribution in [0.1, 0.15) is 40.2 Å². The molecule has 0 saturated carbocycles. The molecule has 6 nitrogen and oxygen atoms in total. The molecule has 0 aliphatic heterocycles. The predicted octanol–water partition coefficient (Wildman–Crippen LogP) is 5.49. The van der Waals surface area contributed by atoms with Gasteiger partial charge in [0.25, 0.3) is 5.91 Å². The van der Waals surface area contributed by atoms with Crippen molar-refractivity contribution in [3.63, 3.8) is 0 Å². The number of hydrogen-bond donors (Lipinski definition) is 1. The minimum Gasteiger partial charge on any atom is -0.497 e. The van der Waals surface area contributed by atoms with Gasteiger partial charge in [-0.05, 0) is 86.3 Å². The van der Waals surface area contributed by atoms with Crippen LogP contribution in [0.2, 0.25) is 0 Å². The van der Waals surface area contributed by atoms with Crippen LogP contribution in [-0.2, 0) is 13.0 Å². The molecule has 182 valence electrons. The van der Waals surface area contributed by atoms with Crippen LogP contribution in [0.5, 0.6) is 11.5 Å². The number of unbranched alkanes of at least 4 members (excludes halogenated alkanes) is 1. The third-order valence-corrected chi connectivity index (χ3v) is 6.24. The average Bonchev–Trinajstić information content (AvgIpc) is 3.23. The molecule has 1 aromatic heterocycles. The lowest BCUT2D eigenvalue weighted by atomic mass is 10.1. The van der Waals surface area contributed by atoms with Crippen molar-refractivity contribution in [1.82, 2.24) is 14.9 Å². The molecule has 1 amide bonds. The third-order valence-electron chi connectivity index (χ3n) is 6.24. The number of rotatable bonds is 11. The van der Waals surface area contributed by atoms with E-state index in [4.69, 9.17) is 14.5 Å². The highest BCUT2D eigenvalue weighted by molar-refractivity contribution is 5.94. The van der Waals surface area contributed by atoms with Crippen LogP contribution < -0.4 is 14.8 Å². The fraction of sp³-hybridized carbons (Fsp3) is 0.310. The van der Waals surface area contributed by atoms with Gasteiger partial charge in [-0.25, -0.2) is 4.98 Å². The molecule has 0 aliphatic rings. The third kappa shape index (κ3) is 6.21. The van der Waals surface area contributed by atoms with Crippen molar-refractivity contribution in [2.45, 2.75) is 39.7 Å². The van der Waals surface area contributed by atoms with Crippen molar-refractivity contribution in [3.8, 4) is 11.5 Å². The molecule has 0 radical (unpaired) electrons. The van der Waals surface area contributed by atoms with Crippen molar-refractivity contribution in [2.24, 2.45) is 0 Å². The van der Waals surface area contributed by atoms with Gasteiger partial charge in [-0.1, -0.05) is 18.2 Å². The smallest absolute Gasteiger partial charge is 0.251 e. The number of carbonyl (C=O) groups excluding carboxylic acids is 1. The minimum absolute atomic E-state index is 0.0983. The largest absolute Gasteiger partial charge is 0.497 e. The Morgan fingerprint density at radius 2 is 1.71 bits per heavy atom. The van der Waals surface area contributed by atoms with E-state index in [0.717, 1.165) is 47.7 Å². The summed E-state index contributed by atoms with van der Waals surface area (Å²) in [5.74, 6) is 2.54. The highest BCUT2D eigenvalue weighted by Gasteiger charge is 2.11. The van der Waals surface area contributed by atoms with Crippen molar-refractivity contribution < 1.29 is 14.3 Å². The molecule has 0 aliphatic carbocycles. The maximum Gasteiger partial charge on any atom is 0.251 e. The predicted molar refractivity (Wildman–Crippen MR) is 139 cm³/mol. The van der Waals surface area contributed by atoms with E-state index in [1.165, 1.54) is 11.1 Å². The number of hydrogen-bond acceptors (Lipinski definition) is 4. The summed E-state index contributed by atoms with van der Waals surface area (Å²) in [7, 11) is 1.61. The summed E-state index contributed by atoms with van der Waals surface area (Å²) >= 11 is 0. The second-order valence-electron chi connectivity index (χ2n) is 8.70. The molecule has 0 fully saturated rings. The molecule has 3 aromatic carbocycles. The SMILES string of the molecule is COc1ccc(C(=O)NCCc2nc3ccccc3n2CCCCOc2ccc(C)c(C)c2)cc1. The maximum atomic E-state index is 12.5. The lowest BCUT2D eigenvalue weighted by molar-refractivity contribution is 0.0954. The Morgan fingerprint density at radius 3 is 2.49 bits per heavy atom. The number of ether oxygens (including phenoxy) is 2. The Balaban J connectivity index is 1.32. The fourth-order valence-electron chi connectivity index (χ4n) is 4.06. The van der Waals surface area contributed by atoms with Crippen molar-refractivity contribution >= 4 is 16.9 Å². The summed E-state index contributed by atoms with van der Waals surface area (Å²) in [6, 6.07) is 21.5. The summed E-state index contributed by atoms with van der Waals surface area (Å²) in [5, 5.41) is 3.01. The van der Waals surface area contributed by atoms with Crippen LogP contribution in [0.3, 0.4) is 0 Å². The number of carbonyl (C=O) groups is 1. The Hall–Kier alpha value is -3.80. The highest BCUT2D eigenvalue weighted by atomic mass is 16.5. The van der Waals surface area contributed by atoms with Gasteiger partial charge in [0, 0.05) is 25.1 Å². The van der Waals surface area contributed by atoms with Gasteiger partial charge in [0.05, 0.1) is 24.8 Å². The van der Waals surface area contributed by atoms with E-state index < -0.39 is 0 Å². The first-order valence-electron chi connectivity index (χ1n) is 12.1. The highest BCUT2D eigenvalue weighted by Crippen LogP contribution is 2.19. The molecule has 6 heteroatoms. The van der Waals surface area contributed by atoms with Gasteiger partial charge in [-0.3, -0.25) is 4.79 Å². The number of amides is 1. The van der Waals surface area contributed by atoms with Crippen LogP contribution >= 0.6 is 0 Å². The number of para-hydroxylation sites is 2. The van der Waals surface area contributed by atoms with Gasteiger partial charge in [0.1, 0.15) is 17.3 Å². The van der Waals surface area contributed by atoms with E-state index in [9.17, 15) is 4.79 Å². The molecule has 1 heterocycles. The number of benzene rings is 3. The zero-order chi connectivity index (χ0) is 24.6. The number of aryl methyl sites for hydroxylation is 3. The number of fused-ring (bicyclic) bond motifs is 1. The minimum atomic E-state index is -0.0983. The topological polar surface area (TPSA) is 65.4 Å². The number of nitrogens with one attached hydrogen (secondary N) is 1. The molecule has 4 aromatic rings. The molecule has 0 spiro atoms. The summed E-state index contributed by atoms with van der Waals surface area (Å²) in [6.45, 7) is 6.27. The van der Waals surface area contributed by atoms with E-state index in [1.807, 2.05) is 24.3 Å². The Labute approximate surface area is 206 Å². The average molecular weight is 472 g/mol. The molecule has 0 atom stereocenters. The van der Waals surface area contributed by atoms with Gasteiger partial charge in [-0.15, -0.1) is 0 Å². The van der Waals surface area contributed by atoms with Crippen molar-refractivity contribution in [3.05, 3.63) is 89.2 Å². The molecular formula is C29H33N3O3. The lowest BCUT2D eigenvalue weighted by Gasteiger charge is -2.11. The Kier molecular flexibility index (Phi) is 8.03. The van der Waals surface area contributed by atoms with E-state index in [0.29, 0.717) is 25.1 Å². The first kappa shape index (κ1) is 24.3. The maximum absolute atomic E-state index is 12.5. The second kappa shape index (κ2) is 11.6. The summed E-state index contributed by atoms with van der Waals surface area (Å²) in [6.07, 6.45) is 2.60. The molecule has 0 saturated heterocycles. The molecule has 0 unspecified atom stereocenters. The molecule has 1 N–H and O–H groups in total. The van der Waals surface area contributed by atoms with Gasteiger partial charge in [0.2, 0.25) is 0 Å². The van der Waals surface area contributed by atoms with E-state index in [-0.39, 0.29) is 5.91 Å². The Bertz CT molecular complexity index is 1280. The van der Waals surface area contributed by atoms with E-state index in [2.05, 4.69) is 41.9 Å². The number of aromatic nitrogens is 2. The number of nitrogens with zero attached hydrogens (tertiary/aromatic N) is 2. The van der Waals surface area contributed by atoms with Crippen molar-refractivity contribution in [1.29, 1.82) is 0 Å². The standard InChI is InChI=1S/C29H33N3O3/c1-21-10-13-25(20-22(21)2)35-19-7-6-18-32-27-9-5-4-8-26(27)31-28(32)16-17-30-29(33)23-11-14-24(34-3)15-12-23/h4-5,8-15,20H,6-7,16-19H2,1-3H3,(H,30,33). The fourth-order valence-corrected chi connectivity index (χ4v) is 4.06. The lowest BCUT2D eigenvalue weighted by Crippen LogP contribution is -2.26. The molecule has 4 rings (SSSR count). The van der Waals surface area contributed by atoms with Crippen molar-refractivity contribution in [2.75, 3.05) is 20.3 Å². The first-order chi connectivity index (χ1) is 17.0. The second-order valence-corrected chi connectivity index (χ2v) is 8.70. The number of methoxy groups -OCH3 is 1. The molecular weight excluding hydrogens is 438 g/mol. The zero-order valence-corrected chi connectivity index (χ0v) is 20.7.